The summed E-state index contributed by atoms with van der Waals surface area (Å²) in [7, 11) is 0. The number of nitrogens with one attached hydrogen (secondary N) is 1. The van der Waals surface area contributed by atoms with Crippen molar-refractivity contribution in [2.75, 3.05) is 6.54 Å². The Morgan fingerprint density at radius 3 is 2.83 bits per heavy atom. The van der Waals surface area contributed by atoms with Crippen molar-refractivity contribution in [2.24, 2.45) is 11.7 Å². The Kier molecular flexibility index (Phi) is 4.37. The minimum atomic E-state index is 0.183. The molecular weight excluding hydrogens is 224 g/mol. The van der Waals surface area contributed by atoms with Crippen LogP contribution in [-0.4, -0.2) is 18.5 Å². The van der Waals surface area contributed by atoms with Crippen LogP contribution in [0.5, 0.6) is 0 Å². The predicted molar refractivity (Wildman–Crippen MR) is 73.2 cm³/mol. The quantitative estimate of drug-likeness (QED) is 0.755. The minimum absolute atomic E-state index is 0.183. The number of benzene rings is 1. The van der Waals surface area contributed by atoms with Crippen LogP contribution in [0.2, 0.25) is 0 Å². The number of amides is 1. The third-order valence-electron chi connectivity index (χ3n) is 3.49. The molecule has 0 aromatic heterocycles. The van der Waals surface area contributed by atoms with E-state index in [2.05, 4.69) is 17.4 Å². The van der Waals surface area contributed by atoms with E-state index in [1.54, 1.807) is 0 Å². The Morgan fingerprint density at radius 1 is 1.44 bits per heavy atom. The molecule has 2 rings (SSSR count). The van der Waals surface area contributed by atoms with Crippen molar-refractivity contribution < 1.29 is 4.79 Å². The number of rotatable bonds is 6. The lowest BCUT2D eigenvalue weighted by atomic mass is 10.1. The van der Waals surface area contributed by atoms with Crippen molar-refractivity contribution >= 4 is 5.91 Å². The maximum absolute atomic E-state index is 11.9. The molecule has 3 N–H and O–H groups in total. The molecule has 0 spiro atoms. The molecule has 18 heavy (non-hydrogen) atoms. The van der Waals surface area contributed by atoms with Gasteiger partial charge in [-0.3, -0.25) is 4.79 Å². The van der Waals surface area contributed by atoms with Crippen LogP contribution in [0.25, 0.3) is 0 Å². The first-order valence-electron chi connectivity index (χ1n) is 6.76. The summed E-state index contributed by atoms with van der Waals surface area (Å²) in [4.78, 5) is 11.9. The fourth-order valence-corrected chi connectivity index (χ4v) is 2.32. The molecule has 1 aliphatic carbocycles. The molecule has 1 fully saturated rings. The maximum Gasteiger partial charge on any atom is 0.223 e. The summed E-state index contributed by atoms with van der Waals surface area (Å²) >= 11 is 0. The van der Waals surface area contributed by atoms with Gasteiger partial charge in [0.15, 0.2) is 0 Å². The summed E-state index contributed by atoms with van der Waals surface area (Å²) in [5.74, 6) is 0.816. The van der Waals surface area contributed by atoms with E-state index < -0.39 is 0 Å². The smallest absolute Gasteiger partial charge is 0.223 e. The van der Waals surface area contributed by atoms with Crippen LogP contribution in [0.15, 0.2) is 30.3 Å². The summed E-state index contributed by atoms with van der Waals surface area (Å²) < 4.78 is 0. The lowest BCUT2D eigenvalue weighted by molar-refractivity contribution is -0.122. The highest BCUT2D eigenvalue weighted by Gasteiger charge is 2.43. The molecule has 0 bridgehead atoms. The van der Waals surface area contributed by atoms with Gasteiger partial charge in [0.25, 0.3) is 0 Å². The second kappa shape index (κ2) is 6.01. The fourth-order valence-electron chi connectivity index (χ4n) is 2.32. The van der Waals surface area contributed by atoms with Crippen molar-refractivity contribution in [3.63, 3.8) is 0 Å². The molecule has 1 amide bonds. The Balaban J connectivity index is 1.70. The molecule has 0 radical (unpaired) electrons. The summed E-state index contributed by atoms with van der Waals surface area (Å²) in [6.45, 7) is 2.74. The summed E-state index contributed by atoms with van der Waals surface area (Å²) in [5, 5.41) is 3.01. The first-order valence-corrected chi connectivity index (χ1v) is 6.76. The van der Waals surface area contributed by atoms with E-state index in [-0.39, 0.29) is 17.9 Å². The molecule has 1 saturated carbocycles. The monoisotopic (exact) mass is 246 g/mol. The van der Waals surface area contributed by atoms with Gasteiger partial charge in [0.1, 0.15) is 0 Å². The van der Waals surface area contributed by atoms with E-state index >= 15 is 0 Å². The largest absolute Gasteiger partial charge is 0.356 e. The number of carbonyl (C=O) groups excluding carboxylic acids is 1. The minimum Gasteiger partial charge on any atom is -0.356 e. The molecule has 3 atom stereocenters. The van der Waals surface area contributed by atoms with Crippen LogP contribution in [0.3, 0.4) is 0 Å². The second-order valence-electron chi connectivity index (χ2n) is 5.27. The Labute approximate surface area is 109 Å². The van der Waals surface area contributed by atoms with Crippen LogP contribution in [-0.2, 0) is 4.79 Å². The van der Waals surface area contributed by atoms with Gasteiger partial charge >= 0.3 is 0 Å². The third-order valence-corrected chi connectivity index (χ3v) is 3.49. The molecule has 3 nitrogen and oxygen atoms in total. The third kappa shape index (κ3) is 3.57. The van der Waals surface area contributed by atoms with Gasteiger partial charge in [-0.2, -0.15) is 0 Å². The number of carbonyl (C=O) groups is 1. The first kappa shape index (κ1) is 13.1. The Bertz CT molecular complexity index is 389. The normalized spacial score (nSPS) is 23.4. The molecule has 98 valence electrons. The van der Waals surface area contributed by atoms with Crippen molar-refractivity contribution in [2.45, 2.75) is 38.1 Å². The highest BCUT2D eigenvalue weighted by atomic mass is 16.2. The summed E-state index contributed by atoms with van der Waals surface area (Å²) in [6.07, 6.45) is 2.92. The van der Waals surface area contributed by atoms with Crippen molar-refractivity contribution in [3.8, 4) is 0 Å². The summed E-state index contributed by atoms with van der Waals surface area (Å²) in [5.41, 5.74) is 6.95. The number of nitrogens with two attached hydrogens (primary N) is 1. The molecule has 1 aliphatic rings. The lowest BCUT2D eigenvalue weighted by Gasteiger charge is -2.06. The van der Waals surface area contributed by atoms with Crippen LogP contribution in [0, 0.1) is 5.92 Å². The van der Waals surface area contributed by atoms with Gasteiger partial charge in [-0.15, -0.1) is 0 Å². The Hall–Kier alpha value is -1.35. The zero-order valence-electron chi connectivity index (χ0n) is 10.9. The molecule has 1 aromatic rings. The molecular formula is C15H22N2O. The van der Waals surface area contributed by atoms with E-state index in [0.717, 1.165) is 25.8 Å². The molecule has 0 aliphatic heterocycles. The molecule has 3 unspecified atom stereocenters. The van der Waals surface area contributed by atoms with Crippen molar-refractivity contribution in [1.82, 2.24) is 5.32 Å². The molecule has 0 heterocycles. The highest BCUT2D eigenvalue weighted by Crippen LogP contribution is 2.47. The van der Waals surface area contributed by atoms with Gasteiger partial charge in [-0.1, -0.05) is 30.3 Å². The van der Waals surface area contributed by atoms with Crippen LogP contribution in [0.1, 0.15) is 37.7 Å². The Morgan fingerprint density at radius 2 is 2.17 bits per heavy atom. The molecule has 0 saturated heterocycles. The topological polar surface area (TPSA) is 55.1 Å². The van der Waals surface area contributed by atoms with E-state index in [1.807, 2.05) is 25.1 Å². The zero-order chi connectivity index (χ0) is 13.0. The van der Waals surface area contributed by atoms with E-state index in [4.69, 9.17) is 5.73 Å². The van der Waals surface area contributed by atoms with Crippen molar-refractivity contribution in [1.29, 1.82) is 0 Å². The fraction of sp³-hybridized carbons (Fsp3) is 0.533. The van der Waals surface area contributed by atoms with Crippen LogP contribution in [0.4, 0.5) is 0 Å². The lowest BCUT2D eigenvalue weighted by Crippen LogP contribution is -2.27. The SMILES string of the molecule is CC(N)CCCNC(=O)C1CC1c1ccccc1. The van der Waals surface area contributed by atoms with Crippen LogP contribution < -0.4 is 11.1 Å². The number of hydrogen-bond donors (Lipinski definition) is 2. The summed E-state index contributed by atoms with van der Waals surface area (Å²) in [6, 6.07) is 10.5. The average molecular weight is 246 g/mol. The number of hydrogen-bond acceptors (Lipinski definition) is 2. The highest BCUT2D eigenvalue weighted by molar-refractivity contribution is 5.82. The van der Waals surface area contributed by atoms with Gasteiger partial charge in [0, 0.05) is 18.5 Å². The van der Waals surface area contributed by atoms with E-state index in [1.165, 1.54) is 5.56 Å². The van der Waals surface area contributed by atoms with Gasteiger partial charge in [-0.05, 0) is 37.7 Å². The molecule has 1 aromatic carbocycles. The maximum atomic E-state index is 11.9. The van der Waals surface area contributed by atoms with E-state index in [0.29, 0.717) is 5.92 Å². The average Bonchev–Trinajstić information content (AvgIpc) is 3.15. The van der Waals surface area contributed by atoms with E-state index in [9.17, 15) is 4.79 Å². The van der Waals surface area contributed by atoms with Crippen molar-refractivity contribution in [3.05, 3.63) is 35.9 Å². The van der Waals surface area contributed by atoms with Gasteiger partial charge < -0.3 is 11.1 Å². The predicted octanol–water partition coefficient (Wildman–Crippen LogP) is 2.03. The van der Waals surface area contributed by atoms with Gasteiger partial charge in [-0.25, -0.2) is 0 Å². The zero-order valence-corrected chi connectivity index (χ0v) is 10.9. The standard InChI is InChI=1S/C15H22N2O/c1-11(16)6-5-9-17-15(18)14-10-13(14)12-7-3-2-4-8-12/h2-4,7-8,11,13-14H,5-6,9-10,16H2,1H3,(H,17,18). The molecule has 3 heteroatoms. The van der Waals surface area contributed by atoms with Gasteiger partial charge in [0.2, 0.25) is 5.91 Å². The van der Waals surface area contributed by atoms with Gasteiger partial charge in [0.05, 0.1) is 0 Å². The first-order chi connectivity index (χ1) is 8.68. The second-order valence-corrected chi connectivity index (χ2v) is 5.27. The van der Waals surface area contributed by atoms with Crippen LogP contribution >= 0.6 is 0 Å².